The second-order valence-electron chi connectivity index (χ2n) is 8.28. The van der Waals surface area contributed by atoms with E-state index in [-0.39, 0.29) is 28.7 Å². The lowest BCUT2D eigenvalue weighted by atomic mass is 10.1. The van der Waals surface area contributed by atoms with Crippen molar-refractivity contribution in [1.82, 2.24) is 25.0 Å². The molecular weight excluding hydrogens is 561 g/mol. The van der Waals surface area contributed by atoms with Crippen LogP contribution in [0.1, 0.15) is 18.0 Å². The predicted molar refractivity (Wildman–Crippen MR) is 129 cm³/mol. The van der Waals surface area contributed by atoms with Crippen molar-refractivity contribution in [2.45, 2.75) is 31.2 Å². The largest absolute Gasteiger partial charge is 0.390 e. The van der Waals surface area contributed by atoms with Crippen LogP contribution in [0, 0.1) is 5.92 Å². The number of fused-ring (bicyclic) bond motifs is 1. The van der Waals surface area contributed by atoms with Crippen LogP contribution in [0.3, 0.4) is 0 Å². The summed E-state index contributed by atoms with van der Waals surface area (Å²) < 4.78 is 29.1. The van der Waals surface area contributed by atoms with Crippen molar-refractivity contribution in [3.8, 4) is 0 Å². The number of benzene rings is 1. The van der Waals surface area contributed by atoms with Gasteiger partial charge in [0.15, 0.2) is 22.9 Å². The fourth-order valence-corrected chi connectivity index (χ4v) is 6.94. The molecule has 0 saturated heterocycles. The zero-order valence-electron chi connectivity index (χ0n) is 18.3. The second-order valence-corrected chi connectivity index (χ2v) is 13.0. The first-order chi connectivity index (χ1) is 16.8. The molecule has 6 N–H and O–H groups in total. The minimum atomic E-state index is -4.81. The second kappa shape index (κ2) is 10.6. The van der Waals surface area contributed by atoms with Gasteiger partial charge < -0.3 is 34.7 Å². The maximum atomic E-state index is 11.9. The first-order valence-electron chi connectivity index (χ1n) is 10.5. The summed E-state index contributed by atoms with van der Waals surface area (Å²) in [6.45, 7) is -0.232. The van der Waals surface area contributed by atoms with Crippen LogP contribution in [0.4, 0.5) is 5.82 Å². The van der Waals surface area contributed by atoms with Gasteiger partial charge in [0.25, 0.3) is 0 Å². The Labute approximate surface area is 213 Å². The lowest BCUT2D eigenvalue weighted by Crippen LogP contribution is -2.31. The fourth-order valence-electron chi connectivity index (χ4n) is 3.96. The van der Waals surface area contributed by atoms with Gasteiger partial charge in [-0.2, -0.15) is 9.97 Å². The average Bonchev–Trinajstić information content (AvgIpc) is 3.31. The molecule has 1 aliphatic rings. The Morgan fingerprint density at radius 2 is 1.83 bits per heavy atom. The average molecular weight is 583 g/mol. The number of hydrogen-bond acceptors (Lipinski definition) is 10. The number of anilines is 1. The number of rotatable bonds is 9. The molecule has 0 spiro atoms. The molecule has 196 valence electrons. The van der Waals surface area contributed by atoms with E-state index in [1.165, 1.54) is 4.68 Å². The summed E-state index contributed by atoms with van der Waals surface area (Å²) in [7, 11) is -9.43. The molecule has 2 heterocycles. The highest BCUT2D eigenvalue weighted by molar-refractivity contribution is 7.70. The van der Waals surface area contributed by atoms with Crippen LogP contribution in [0.2, 0.25) is 10.3 Å². The Hall–Kier alpha value is -1.70. The lowest BCUT2D eigenvalue weighted by molar-refractivity contribution is -0.00362. The highest BCUT2D eigenvalue weighted by Crippen LogP contribution is 2.56. The van der Waals surface area contributed by atoms with Crippen LogP contribution in [0.25, 0.3) is 11.2 Å². The monoisotopic (exact) mass is 582 g/mol. The van der Waals surface area contributed by atoms with E-state index in [0.717, 1.165) is 5.56 Å². The summed E-state index contributed by atoms with van der Waals surface area (Å²) in [5.41, 5.74) is 1.21. The molecule has 2 aromatic heterocycles. The zero-order chi connectivity index (χ0) is 26.3. The molecule has 4 rings (SSSR count). The van der Waals surface area contributed by atoms with E-state index < -0.39 is 51.9 Å². The van der Waals surface area contributed by atoms with Gasteiger partial charge in [-0.3, -0.25) is 9.13 Å². The first kappa shape index (κ1) is 27.3. The molecule has 5 atom stereocenters. The standard InChI is InChI=1S/C18H22Cl2N6O8P2/c19-11-4-2-1-3-9(11)6-21-16-13-17(23-18(20)22-16)26(25-24-13)12-5-10(14(27)15(12)28)7-34-36(32,33)8-35(29,30)31/h1-4,10,12,14-15,27-28H,5-8H2,(H,32,33)(H,21,22,23)(H2,29,30,31)/t10-,12-,14-,15-/m1/s1. The smallest absolute Gasteiger partial charge is 0.340 e. The van der Waals surface area contributed by atoms with E-state index >= 15 is 0 Å². The molecule has 36 heavy (non-hydrogen) atoms. The SMILES string of the molecule is O=P(O)(O)CP(=O)(O)OC[C@H]1C[C@@H](n2nnc3c(NCc4ccccc4Cl)nc(Cl)nc32)[C@@H](O)[C@@H]1O. The number of aliphatic hydroxyl groups excluding tert-OH is 2. The molecular formula is C18H22Cl2N6O8P2. The van der Waals surface area contributed by atoms with E-state index in [4.69, 9.17) is 37.5 Å². The van der Waals surface area contributed by atoms with Crippen LogP contribution < -0.4 is 5.32 Å². The van der Waals surface area contributed by atoms with Crippen LogP contribution in [-0.2, 0) is 20.2 Å². The van der Waals surface area contributed by atoms with Gasteiger partial charge in [0.1, 0.15) is 6.10 Å². The molecule has 1 fully saturated rings. The van der Waals surface area contributed by atoms with Gasteiger partial charge in [0.05, 0.1) is 18.8 Å². The maximum Gasteiger partial charge on any atom is 0.340 e. The third-order valence-corrected chi connectivity index (χ3v) is 9.63. The molecule has 18 heteroatoms. The number of hydrogen-bond donors (Lipinski definition) is 6. The van der Waals surface area contributed by atoms with Gasteiger partial charge >= 0.3 is 15.2 Å². The Balaban J connectivity index is 1.53. The predicted octanol–water partition coefficient (Wildman–Crippen LogP) is 1.76. The Morgan fingerprint density at radius 1 is 1.11 bits per heavy atom. The van der Waals surface area contributed by atoms with Crippen molar-refractivity contribution in [3.05, 3.63) is 40.1 Å². The molecule has 1 saturated carbocycles. The van der Waals surface area contributed by atoms with E-state index in [0.29, 0.717) is 11.6 Å². The molecule has 0 aliphatic heterocycles. The summed E-state index contributed by atoms with van der Waals surface area (Å²) >= 11 is 12.3. The number of nitrogens with zero attached hydrogens (tertiary/aromatic N) is 5. The molecule has 0 radical (unpaired) electrons. The number of aliphatic hydroxyl groups is 2. The third-order valence-electron chi connectivity index (χ3n) is 5.64. The van der Waals surface area contributed by atoms with Crippen molar-refractivity contribution in [2.24, 2.45) is 5.92 Å². The van der Waals surface area contributed by atoms with Crippen LogP contribution in [0.5, 0.6) is 0 Å². The molecule has 1 unspecified atom stereocenters. The highest BCUT2D eigenvalue weighted by Gasteiger charge is 2.45. The van der Waals surface area contributed by atoms with Crippen molar-refractivity contribution in [3.63, 3.8) is 0 Å². The topological polar surface area (TPSA) is 213 Å². The van der Waals surface area contributed by atoms with Gasteiger partial charge in [0.2, 0.25) is 5.28 Å². The molecule has 0 amide bonds. The summed E-state index contributed by atoms with van der Waals surface area (Å²) in [4.78, 5) is 35.8. The van der Waals surface area contributed by atoms with Crippen LogP contribution in [-0.4, -0.2) is 74.6 Å². The molecule has 3 aromatic rings. The number of nitrogens with one attached hydrogen (secondary N) is 1. The van der Waals surface area contributed by atoms with Gasteiger partial charge in [-0.25, -0.2) is 4.68 Å². The van der Waals surface area contributed by atoms with Gasteiger partial charge in [-0.05, 0) is 29.7 Å². The summed E-state index contributed by atoms with van der Waals surface area (Å²) in [5, 5.41) is 32.8. The Kier molecular flexibility index (Phi) is 8.04. The normalized spacial score (nSPS) is 24.2. The fraction of sp³-hybridized carbons (Fsp3) is 0.444. The summed E-state index contributed by atoms with van der Waals surface area (Å²) in [6.07, 6.45) is -2.74. The summed E-state index contributed by atoms with van der Waals surface area (Å²) in [6, 6.07) is 6.34. The molecule has 0 bridgehead atoms. The Bertz CT molecular complexity index is 1360. The van der Waals surface area contributed by atoms with E-state index in [2.05, 4.69) is 25.6 Å². The van der Waals surface area contributed by atoms with Crippen molar-refractivity contribution in [1.29, 1.82) is 0 Å². The third kappa shape index (κ3) is 6.22. The highest BCUT2D eigenvalue weighted by atomic mass is 35.5. The first-order valence-corrected chi connectivity index (χ1v) is 14.8. The van der Waals surface area contributed by atoms with Crippen molar-refractivity contribution < 1.29 is 38.5 Å². The minimum Gasteiger partial charge on any atom is -0.390 e. The molecule has 14 nitrogen and oxygen atoms in total. The minimum absolute atomic E-state index is 0.0285. The van der Waals surface area contributed by atoms with E-state index in [1.807, 2.05) is 12.1 Å². The lowest BCUT2D eigenvalue weighted by Gasteiger charge is -2.19. The van der Waals surface area contributed by atoms with Gasteiger partial charge in [0, 0.05) is 17.5 Å². The van der Waals surface area contributed by atoms with Gasteiger partial charge in [-0.15, -0.1) is 5.10 Å². The molecule has 1 aliphatic carbocycles. The van der Waals surface area contributed by atoms with E-state index in [9.17, 15) is 24.2 Å². The summed E-state index contributed by atoms with van der Waals surface area (Å²) in [5.74, 6) is -1.94. The van der Waals surface area contributed by atoms with E-state index in [1.54, 1.807) is 12.1 Å². The zero-order valence-corrected chi connectivity index (χ0v) is 21.6. The number of halogens is 2. The van der Waals surface area contributed by atoms with Crippen LogP contribution >= 0.6 is 38.4 Å². The molecule has 1 aromatic carbocycles. The van der Waals surface area contributed by atoms with Crippen molar-refractivity contribution in [2.75, 3.05) is 17.8 Å². The van der Waals surface area contributed by atoms with Crippen molar-refractivity contribution >= 4 is 55.4 Å². The van der Waals surface area contributed by atoms with Gasteiger partial charge in [-0.1, -0.05) is 35.0 Å². The van der Waals surface area contributed by atoms with Crippen LogP contribution in [0.15, 0.2) is 24.3 Å². The maximum absolute atomic E-state index is 11.9. The number of aromatic nitrogens is 5. The Morgan fingerprint density at radius 3 is 2.53 bits per heavy atom. The quantitative estimate of drug-likeness (QED) is 0.157.